The quantitative estimate of drug-likeness (QED) is 0.819. The molecule has 0 saturated carbocycles. The van der Waals surface area contributed by atoms with Gasteiger partial charge in [-0.2, -0.15) is 5.21 Å². The summed E-state index contributed by atoms with van der Waals surface area (Å²) in [6, 6.07) is 6.41. The molecule has 0 radical (unpaired) electrons. The molecule has 0 bridgehead atoms. The Hall–Kier alpha value is -2.49. The van der Waals surface area contributed by atoms with Gasteiger partial charge in [-0.1, -0.05) is 0 Å². The van der Waals surface area contributed by atoms with Crippen molar-refractivity contribution in [1.82, 2.24) is 25.5 Å². The molecule has 0 spiro atoms. The van der Waals surface area contributed by atoms with Crippen LogP contribution in [-0.2, 0) is 9.84 Å². The van der Waals surface area contributed by atoms with Crippen molar-refractivity contribution in [1.29, 1.82) is 0 Å². The van der Waals surface area contributed by atoms with Crippen LogP contribution in [-0.4, -0.2) is 64.0 Å². The number of nitrogens with one attached hydrogen (secondary N) is 1. The lowest BCUT2D eigenvalue weighted by atomic mass is 9.95. The number of likely N-dealkylation sites (tertiary alicyclic amines) is 1. The Morgan fingerprint density at radius 2 is 1.92 bits per heavy atom. The number of hydrogen-bond acceptors (Lipinski definition) is 6. The van der Waals surface area contributed by atoms with Crippen molar-refractivity contribution in [3.05, 3.63) is 24.3 Å². The average Bonchev–Trinajstić information content (AvgIpc) is 3.15. The first-order chi connectivity index (χ1) is 12.0. The highest BCUT2D eigenvalue weighted by Gasteiger charge is 2.24. The maximum Gasteiger partial charge on any atom is 0.407 e. The Morgan fingerprint density at radius 3 is 2.48 bits per heavy atom. The molecule has 25 heavy (non-hydrogen) atoms. The minimum absolute atomic E-state index is 0.0618. The third-order valence-electron chi connectivity index (χ3n) is 4.50. The van der Waals surface area contributed by atoms with Crippen molar-refractivity contribution in [2.24, 2.45) is 5.92 Å². The van der Waals surface area contributed by atoms with E-state index in [4.69, 9.17) is 5.11 Å². The highest BCUT2D eigenvalue weighted by atomic mass is 32.2. The Balaban J connectivity index is 1.58. The molecule has 134 valence electrons. The van der Waals surface area contributed by atoms with Gasteiger partial charge in [0.05, 0.1) is 10.6 Å². The highest BCUT2D eigenvalue weighted by Crippen LogP contribution is 2.24. The number of carboxylic acid groups (broad SMARTS) is 1. The predicted molar refractivity (Wildman–Crippen MR) is 88.6 cm³/mol. The number of tetrazole rings is 1. The number of carbonyl (C=O) groups is 1. The first kappa shape index (κ1) is 17.3. The summed E-state index contributed by atoms with van der Waals surface area (Å²) >= 11 is 0. The lowest BCUT2D eigenvalue weighted by molar-refractivity contribution is 0.124. The highest BCUT2D eigenvalue weighted by molar-refractivity contribution is 7.91. The van der Waals surface area contributed by atoms with Crippen LogP contribution in [0.5, 0.6) is 0 Å². The molecule has 9 nitrogen and oxygen atoms in total. The number of aromatic nitrogens is 4. The molecule has 10 heteroatoms. The fourth-order valence-electron chi connectivity index (χ4n) is 2.95. The molecular formula is C15H19N5O4S. The van der Waals surface area contributed by atoms with Gasteiger partial charge in [-0.05, 0) is 54.7 Å². The molecule has 3 rings (SSSR count). The number of piperidine rings is 1. The molecule has 1 aliphatic heterocycles. The molecule has 0 aliphatic carbocycles. The van der Waals surface area contributed by atoms with Crippen LogP contribution in [0.4, 0.5) is 4.79 Å². The topological polar surface area (TPSA) is 129 Å². The second-order valence-electron chi connectivity index (χ2n) is 6.08. The van der Waals surface area contributed by atoms with Crippen LogP contribution in [0, 0.1) is 5.92 Å². The van der Waals surface area contributed by atoms with Crippen molar-refractivity contribution in [2.45, 2.75) is 24.2 Å². The Bertz CT molecular complexity index is 812. The van der Waals surface area contributed by atoms with Crippen molar-refractivity contribution in [2.75, 3.05) is 18.8 Å². The fraction of sp³-hybridized carbons (Fsp3) is 0.467. The molecule has 0 atom stereocenters. The van der Waals surface area contributed by atoms with Crippen molar-refractivity contribution in [3.63, 3.8) is 0 Å². The van der Waals surface area contributed by atoms with Gasteiger partial charge in [0.2, 0.25) is 5.82 Å². The summed E-state index contributed by atoms with van der Waals surface area (Å²) in [7, 11) is -3.37. The minimum Gasteiger partial charge on any atom is -0.465 e. The van der Waals surface area contributed by atoms with E-state index in [1.54, 1.807) is 24.3 Å². The van der Waals surface area contributed by atoms with Crippen molar-refractivity contribution >= 4 is 15.9 Å². The van der Waals surface area contributed by atoms with Crippen LogP contribution < -0.4 is 0 Å². The van der Waals surface area contributed by atoms with E-state index in [0.29, 0.717) is 43.7 Å². The summed E-state index contributed by atoms with van der Waals surface area (Å²) in [6.45, 7) is 0.943. The van der Waals surface area contributed by atoms with Crippen LogP contribution in [0.1, 0.15) is 19.3 Å². The van der Waals surface area contributed by atoms with Crippen LogP contribution in [0.15, 0.2) is 29.2 Å². The predicted octanol–water partition coefficient (Wildman–Crippen LogP) is 1.42. The lowest BCUT2D eigenvalue weighted by Crippen LogP contribution is -2.37. The third-order valence-corrected chi connectivity index (χ3v) is 6.26. The summed E-state index contributed by atoms with van der Waals surface area (Å²) in [6.07, 6.45) is 1.05. The van der Waals surface area contributed by atoms with E-state index < -0.39 is 15.9 Å². The standard InChI is InChI=1S/C15H19N5O4S/c21-15(22)20-8-5-11(6-9-20)7-10-25(23,24)13-3-1-12(2-4-13)14-16-18-19-17-14/h1-4,11H,5-10H2,(H,21,22)(H,16,17,18,19). The second-order valence-corrected chi connectivity index (χ2v) is 8.19. The Morgan fingerprint density at radius 1 is 1.24 bits per heavy atom. The first-order valence-electron chi connectivity index (χ1n) is 8.00. The molecule has 1 saturated heterocycles. The summed E-state index contributed by atoms with van der Waals surface area (Å²) in [5.74, 6) is 0.713. The molecule has 0 unspecified atom stereocenters. The Kier molecular flexibility index (Phi) is 4.98. The van der Waals surface area contributed by atoms with E-state index in [1.807, 2.05) is 0 Å². The van der Waals surface area contributed by atoms with Crippen LogP contribution in [0.2, 0.25) is 0 Å². The monoisotopic (exact) mass is 365 g/mol. The summed E-state index contributed by atoms with van der Waals surface area (Å²) in [4.78, 5) is 12.5. The SMILES string of the molecule is O=C(O)N1CCC(CCS(=O)(=O)c2ccc(-c3nn[nH]n3)cc2)CC1. The zero-order valence-corrected chi connectivity index (χ0v) is 14.3. The van der Waals surface area contributed by atoms with Crippen molar-refractivity contribution in [3.8, 4) is 11.4 Å². The summed E-state index contributed by atoms with van der Waals surface area (Å²) < 4.78 is 25.0. The third kappa shape index (κ3) is 4.13. The van der Waals surface area contributed by atoms with E-state index in [9.17, 15) is 13.2 Å². The number of rotatable bonds is 5. The number of amides is 1. The van der Waals surface area contributed by atoms with Gasteiger partial charge >= 0.3 is 6.09 Å². The molecule has 1 aromatic heterocycles. The van der Waals surface area contributed by atoms with Gasteiger partial charge in [-0.3, -0.25) is 0 Å². The first-order valence-corrected chi connectivity index (χ1v) is 9.65. The Labute approximate surface area is 145 Å². The summed E-state index contributed by atoms with van der Waals surface area (Å²) in [5.41, 5.74) is 0.689. The van der Waals surface area contributed by atoms with E-state index in [2.05, 4.69) is 20.6 Å². The van der Waals surface area contributed by atoms with Gasteiger partial charge in [-0.25, -0.2) is 13.2 Å². The number of sulfone groups is 1. The maximum atomic E-state index is 12.5. The molecular weight excluding hydrogens is 346 g/mol. The second kappa shape index (κ2) is 7.18. The van der Waals surface area contributed by atoms with Gasteiger partial charge in [-0.15, -0.1) is 10.2 Å². The normalized spacial score (nSPS) is 16.1. The van der Waals surface area contributed by atoms with E-state index in [-0.39, 0.29) is 16.6 Å². The largest absolute Gasteiger partial charge is 0.465 e. The van der Waals surface area contributed by atoms with Gasteiger partial charge in [0.25, 0.3) is 0 Å². The smallest absolute Gasteiger partial charge is 0.407 e. The van der Waals surface area contributed by atoms with Gasteiger partial charge in [0, 0.05) is 18.7 Å². The molecule has 1 fully saturated rings. The van der Waals surface area contributed by atoms with Crippen LogP contribution in [0.25, 0.3) is 11.4 Å². The number of H-pyrrole nitrogens is 1. The number of aromatic amines is 1. The van der Waals surface area contributed by atoms with E-state index in [1.165, 1.54) is 4.90 Å². The van der Waals surface area contributed by atoms with Gasteiger partial charge < -0.3 is 10.0 Å². The summed E-state index contributed by atoms with van der Waals surface area (Å²) in [5, 5.41) is 22.5. The van der Waals surface area contributed by atoms with Gasteiger partial charge in [0.1, 0.15) is 0 Å². The molecule has 2 heterocycles. The van der Waals surface area contributed by atoms with Crippen LogP contribution in [0.3, 0.4) is 0 Å². The van der Waals surface area contributed by atoms with Crippen molar-refractivity contribution < 1.29 is 18.3 Å². The van der Waals surface area contributed by atoms with Crippen LogP contribution >= 0.6 is 0 Å². The van der Waals surface area contributed by atoms with Gasteiger partial charge in [0.15, 0.2) is 9.84 Å². The van der Waals surface area contributed by atoms with E-state index in [0.717, 1.165) is 0 Å². The number of nitrogens with zero attached hydrogens (tertiary/aromatic N) is 4. The minimum atomic E-state index is -3.37. The fourth-order valence-corrected chi connectivity index (χ4v) is 4.38. The average molecular weight is 365 g/mol. The molecule has 1 aliphatic rings. The number of benzene rings is 1. The van der Waals surface area contributed by atoms with E-state index >= 15 is 0 Å². The molecule has 1 aromatic carbocycles. The molecule has 2 N–H and O–H groups in total. The zero-order valence-electron chi connectivity index (χ0n) is 13.5. The lowest BCUT2D eigenvalue weighted by Gasteiger charge is -2.29. The molecule has 2 aromatic rings. The molecule has 1 amide bonds. The zero-order chi connectivity index (χ0) is 17.9. The number of hydrogen-bond donors (Lipinski definition) is 2. The maximum absolute atomic E-state index is 12.5.